The molecule has 0 spiro atoms. The smallest absolute Gasteiger partial charge is 0.274 e. The largest absolute Gasteiger partial charge is 0.292 e. The Morgan fingerprint density at radius 3 is 2.09 bits per heavy atom. The third kappa shape index (κ3) is 5.08. The van der Waals surface area contributed by atoms with E-state index in [0.29, 0.717) is 23.4 Å². The summed E-state index contributed by atoms with van der Waals surface area (Å²) >= 11 is 19.4. The number of rotatable bonds is 5. The molecular formula is C25H22Br2Cl2N2O4. The predicted octanol–water partition coefficient (Wildman–Crippen LogP) is 5.77. The zero-order chi connectivity index (χ0) is 25.6. The van der Waals surface area contributed by atoms with Crippen LogP contribution in [-0.2, 0) is 9.59 Å². The maximum absolute atomic E-state index is 13.7. The lowest BCUT2D eigenvalue weighted by molar-refractivity contribution is -0.154. The molecule has 0 radical (unpaired) electrons. The van der Waals surface area contributed by atoms with E-state index in [1.807, 2.05) is 19.9 Å². The minimum Gasteiger partial charge on any atom is -0.292 e. The molecule has 0 aromatic heterocycles. The van der Waals surface area contributed by atoms with Gasteiger partial charge in [0.25, 0.3) is 17.7 Å². The number of imide groups is 1. The van der Waals surface area contributed by atoms with Gasteiger partial charge in [0.15, 0.2) is 5.78 Å². The summed E-state index contributed by atoms with van der Waals surface area (Å²) in [7, 11) is 0. The number of carbonyl (C=O) groups excluding carboxylic acids is 4. The first kappa shape index (κ1) is 26.3. The fourth-order valence-electron chi connectivity index (χ4n) is 4.49. The number of halogens is 4. The first-order valence-electron chi connectivity index (χ1n) is 11.0. The molecule has 1 saturated heterocycles. The van der Waals surface area contributed by atoms with Crippen molar-refractivity contribution in [2.24, 2.45) is 11.8 Å². The molecule has 0 unspecified atom stereocenters. The average molecular weight is 645 g/mol. The van der Waals surface area contributed by atoms with E-state index in [1.54, 1.807) is 12.1 Å². The van der Waals surface area contributed by atoms with Crippen molar-refractivity contribution >= 4 is 78.6 Å². The maximum atomic E-state index is 13.7. The summed E-state index contributed by atoms with van der Waals surface area (Å²) in [6.45, 7) is 3.32. The van der Waals surface area contributed by atoms with Crippen LogP contribution >= 0.6 is 55.1 Å². The number of hydrogen-bond acceptors (Lipinski definition) is 4. The second-order valence-corrected chi connectivity index (χ2v) is 12.1. The number of fused-ring (bicyclic) bond motifs is 1. The summed E-state index contributed by atoms with van der Waals surface area (Å²) in [6, 6.07) is 9.52. The summed E-state index contributed by atoms with van der Waals surface area (Å²) in [5.41, 5.74) is 2.35. The Morgan fingerprint density at radius 2 is 1.54 bits per heavy atom. The summed E-state index contributed by atoms with van der Waals surface area (Å²) in [5.74, 6) is -3.26. The number of carbonyl (C=O) groups is 4. The molecule has 6 nitrogen and oxygen atoms in total. The summed E-state index contributed by atoms with van der Waals surface area (Å²) in [4.78, 5) is 53.8. The second-order valence-electron chi connectivity index (χ2n) is 8.91. The van der Waals surface area contributed by atoms with Gasteiger partial charge < -0.3 is 0 Å². The van der Waals surface area contributed by atoms with Crippen molar-refractivity contribution in [3.63, 3.8) is 0 Å². The van der Waals surface area contributed by atoms with E-state index in [-0.39, 0.29) is 20.2 Å². The highest BCUT2D eigenvalue weighted by atomic mass is 79.9. The van der Waals surface area contributed by atoms with Crippen LogP contribution in [0.5, 0.6) is 0 Å². The highest BCUT2D eigenvalue weighted by Gasteiger charge is 2.54. The zero-order valence-electron chi connectivity index (χ0n) is 18.9. The molecule has 2 aromatic carbocycles. The summed E-state index contributed by atoms with van der Waals surface area (Å²) in [6.07, 6.45) is 0.882. The number of benzene rings is 2. The molecule has 1 aliphatic carbocycles. The standard InChI is InChI=1S/C25H22Br2Cl2N2O4/c1-12-3-4-14(7-13(12)2)22(32)11-30(23(33)16-6-5-15(28)8-21(16)29)31-24(34)17-9-19(26)20(27)10-18(17)25(31)35/h3-8,17-20H,9-11H2,1-2H3/t17-,18-,19+,20+/m1/s1. The zero-order valence-corrected chi connectivity index (χ0v) is 23.6. The van der Waals surface area contributed by atoms with Gasteiger partial charge in [0, 0.05) is 20.2 Å². The van der Waals surface area contributed by atoms with Crippen molar-refractivity contribution in [1.29, 1.82) is 0 Å². The van der Waals surface area contributed by atoms with E-state index in [4.69, 9.17) is 23.2 Å². The van der Waals surface area contributed by atoms with Crippen LogP contribution in [0.3, 0.4) is 0 Å². The minimum atomic E-state index is -0.727. The van der Waals surface area contributed by atoms with Crippen molar-refractivity contribution < 1.29 is 19.2 Å². The number of alkyl halides is 2. The predicted molar refractivity (Wildman–Crippen MR) is 141 cm³/mol. The van der Waals surface area contributed by atoms with Crippen LogP contribution < -0.4 is 0 Å². The SMILES string of the molecule is Cc1ccc(C(=O)CN(C(=O)c2ccc(Cl)cc2Cl)N2C(=O)[C@@H]3C[C@H](Br)[C@@H](Br)C[C@H]3C2=O)cc1C. The van der Waals surface area contributed by atoms with Crippen LogP contribution in [-0.4, -0.2) is 49.7 Å². The second kappa shape index (κ2) is 10.3. The number of Topliss-reactive ketones (excluding diaryl/α,β-unsaturated/α-hetero) is 1. The molecule has 1 saturated carbocycles. The summed E-state index contributed by atoms with van der Waals surface area (Å²) < 4.78 is 0. The molecule has 35 heavy (non-hydrogen) atoms. The Hall–Kier alpha value is -1.74. The molecule has 2 aromatic rings. The van der Waals surface area contributed by atoms with Gasteiger partial charge in [-0.2, -0.15) is 5.01 Å². The number of nitrogens with zero attached hydrogens (tertiary/aromatic N) is 2. The van der Waals surface area contributed by atoms with E-state index in [0.717, 1.165) is 21.1 Å². The van der Waals surface area contributed by atoms with Gasteiger partial charge in [-0.15, -0.1) is 0 Å². The molecule has 184 valence electrons. The molecule has 1 heterocycles. The van der Waals surface area contributed by atoms with Gasteiger partial charge in [0.2, 0.25) is 0 Å². The van der Waals surface area contributed by atoms with E-state index >= 15 is 0 Å². The maximum Gasteiger partial charge on any atom is 0.274 e. The molecule has 4 rings (SSSR count). The lowest BCUT2D eigenvalue weighted by Gasteiger charge is -2.30. The lowest BCUT2D eigenvalue weighted by atomic mass is 9.81. The van der Waals surface area contributed by atoms with Gasteiger partial charge in [-0.1, -0.05) is 67.2 Å². The Kier molecular flexibility index (Phi) is 7.77. The normalized spacial score (nSPS) is 23.9. The first-order valence-corrected chi connectivity index (χ1v) is 13.6. The fourth-order valence-corrected chi connectivity index (χ4v) is 6.22. The molecule has 0 bridgehead atoms. The van der Waals surface area contributed by atoms with Gasteiger partial charge in [-0.3, -0.25) is 19.2 Å². The van der Waals surface area contributed by atoms with Crippen LogP contribution in [0, 0.1) is 25.7 Å². The fraction of sp³-hybridized carbons (Fsp3) is 0.360. The Bertz CT molecular complexity index is 1210. The van der Waals surface area contributed by atoms with E-state index < -0.39 is 41.9 Å². The van der Waals surface area contributed by atoms with Crippen molar-refractivity contribution in [3.05, 3.63) is 68.7 Å². The number of aryl methyl sites for hydroxylation is 2. The topological polar surface area (TPSA) is 74.8 Å². The van der Waals surface area contributed by atoms with Gasteiger partial charge in [0.1, 0.15) is 6.54 Å². The van der Waals surface area contributed by atoms with Gasteiger partial charge >= 0.3 is 0 Å². The minimum absolute atomic E-state index is 0.00692. The average Bonchev–Trinajstić information content (AvgIpc) is 3.03. The van der Waals surface area contributed by atoms with Gasteiger partial charge in [0.05, 0.1) is 22.4 Å². The molecular weight excluding hydrogens is 623 g/mol. The molecule has 1 aliphatic heterocycles. The van der Waals surface area contributed by atoms with Crippen molar-refractivity contribution in [2.45, 2.75) is 36.3 Å². The van der Waals surface area contributed by atoms with Gasteiger partial charge in [-0.05, 0) is 62.1 Å². The van der Waals surface area contributed by atoms with Crippen molar-refractivity contribution in [3.8, 4) is 0 Å². The molecule has 0 N–H and O–H groups in total. The quantitative estimate of drug-likeness (QED) is 0.235. The molecule has 2 aliphatic rings. The van der Waals surface area contributed by atoms with Crippen molar-refractivity contribution in [1.82, 2.24) is 10.0 Å². The van der Waals surface area contributed by atoms with E-state index in [2.05, 4.69) is 31.9 Å². The molecule has 4 atom stereocenters. The summed E-state index contributed by atoms with van der Waals surface area (Å²) in [5, 5.41) is 2.17. The number of ketones is 1. The van der Waals surface area contributed by atoms with Crippen molar-refractivity contribution in [2.75, 3.05) is 6.54 Å². The highest BCUT2D eigenvalue weighted by Crippen LogP contribution is 2.44. The van der Waals surface area contributed by atoms with E-state index in [1.165, 1.54) is 18.2 Å². The number of hydrogen-bond donors (Lipinski definition) is 0. The molecule has 10 heteroatoms. The number of hydrazine groups is 1. The van der Waals surface area contributed by atoms with Crippen LogP contribution in [0.1, 0.15) is 44.7 Å². The van der Waals surface area contributed by atoms with Crippen LogP contribution in [0.15, 0.2) is 36.4 Å². The van der Waals surface area contributed by atoms with Crippen LogP contribution in [0.2, 0.25) is 10.0 Å². The molecule has 3 amide bonds. The Labute approximate surface area is 230 Å². The molecule has 2 fully saturated rings. The Balaban J connectivity index is 1.73. The Morgan fingerprint density at radius 1 is 0.943 bits per heavy atom. The first-order chi connectivity index (χ1) is 16.5. The monoisotopic (exact) mass is 642 g/mol. The van der Waals surface area contributed by atoms with Gasteiger partial charge in [-0.25, -0.2) is 5.01 Å². The number of amides is 3. The highest BCUT2D eigenvalue weighted by molar-refractivity contribution is 9.12. The van der Waals surface area contributed by atoms with Crippen LogP contribution in [0.4, 0.5) is 0 Å². The van der Waals surface area contributed by atoms with E-state index in [9.17, 15) is 19.2 Å². The third-order valence-electron chi connectivity index (χ3n) is 6.65. The third-order valence-corrected chi connectivity index (χ3v) is 9.93. The lowest BCUT2D eigenvalue weighted by Crippen LogP contribution is -2.52. The van der Waals surface area contributed by atoms with Crippen LogP contribution in [0.25, 0.3) is 0 Å².